The molecule has 1 N–H and O–H groups in total. The molecule has 0 saturated carbocycles. The Morgan fingerprint density at radius 1 is 1.35 bits per heavy atom. The molecule has 4 rings (SSSR count). The Kier molecular flexibility index (Phi) is 4.24. The Balaban J connectivity index is 1.53. The van der Waals surface area contributed by atoms with Gasteiger partial charge in [-0.2, -0.15) is 0 Å². The highest BCUT2D eigenvalue weighted by Gasteiger charge is 2.42. The van der Waals surface area contributed by atoms with Gasteiger partial charge in [-0.3, -0.25) is 9.59 Å². The maximum Gasteiger partial charge on any atom is 0.273 e. The van der Waals surface area contributed by atoms with Crippen LogP contribution < -0.4 is 10.3 Å². The second kappa shape index (κ2) is 6.57. The Morgan fingerprint density at radius 2 is 2.15 bits per heavy atom. The number of ether oxygens (including phenoxy) is 2. The van der Waals surface area contributed by atoms with Crippen LogP contribution in [0, 0.1) is 0 Å². The molecule has 3 heterocycles. The molecule has 2 aliphatic heterocycles. The smallest absolute Gasteiger partial charge is 0.273 e. The van der Waals surface area contributed by atoms with E-state index in [2.05, 4.69) is 22.1 Å². The van der Waals surface area contributed by atoms with E-state index >= 15 is 0 Å². The number of rotatable bonds is 2. The highest BCUT2D eigenvalue weighted by molar-refractivity contribution is 5.92. The van der Waals surface area contributed by atoms with Gasteiger partial charge in [0.15, 0.2) is 0 Å². The molecule has 0 bridgehead atoms. The molecule has 2 aliphatic rings. The third kappa shape index (κ3) is 2.88. The number of H-pyrrole nitrogens is 1. The van der Waals surface area contributed by atoms with Gasteiger partial charge in [0.1, 0.15) is 11.4 Å². The first kappa shape index (κ1) is 16.8. The number of aromatic amines is 1. The van der Waals surface area contributed by atoms with Gasteiger partial charge in [-0.1, -0.05) is 6.07 Å². The number of nitrogens with one attached hydrogen (secondary N) is 1. The molecule has 0 aliphatic carbocycles. The number of hydrogen-bond donors (Lipinski definition) is 1. The standard InChI is InChI=1S/C19H21N3O4/c1-25-14-2-3-15-13(10-14)4-9-26-19(15)5-7-22(8-6-19)18(24)16-11-21-17(23)12-20-16/h2-3,10-12H,4-9H2,1H3,(H,21,23). The molecule has 1 saturated heterocycles. The third-order valence-corrected chi connectivity index (χ3v) is 5.30. The van der Waals surface area contributed by atoms with Crippen molar-refractivity contribution in [2.45, 2.75) is 24.9 Å². The van der Waals surface area contributed by atoms with E-state index in [0.717, 1.165) is 31.2 Å². The van der Waals surface area contributed by atoms with Crippen LogP contribution in [-0.2, 0) is 16.8 Å². The van der Waals surface area contributed by atoms with Crippen molar-refractivity contribution in [3.05, 3.63) is 57.8 Å². The average molecular weight is 355 g/mol. The molecule has 0 radical (unpaired) electrons. The summed E-state index contributed by atoms with van der Waals surface area (Å²) in [6, 6.07) is 6.15. The van der Waals surface area contributed by atoms with Crippen LogP contribution in [0.5, 0.6) is 5.75 Å². The van der Waals surface area contributed by atoms with Crippen LogP contribution >= 0.6 is 0 Å². The molecular weight excluding hydrogens is 334 g/mol. The van der Waals surface area contributed by atoms with E-state index in [4.69, 9.17) is 9.47 Å². The zero-order valence-corrected chi connectivity index (χ0v) is 14.7. The van der Waals surface area contributed by atoms with Gasteiger partial charge in [0.05, 0.1) is 25.5 Å². The lowest BCUT2D eigenvalue weighted by Gasteiger charge is -2.45. The number of likely N-dealkylation sites (tertiary alicyclic amines) is 1. The van der Waals surface area contributed by atoms with Crippen molar-refractivity contribution in [3.8, 4) is 5.75 Å². The van der Waals surface area contributed by atoms with Crippen LogP contribution in [0.3, 0.4) is 0 Å². The molecule has 7 nitrogen and oxygen atoms in total. The molecule has 0 unspecified atom stereocenters. The Hall–Kier alpha value is -2.67. The quantitative estimate of drug-likeness (QED) is 0.882. The Morgan fingerprint density at radius 3 is 2.85 bits per heavy atom. The number of amides is 1. The van der Waals surface area contributed by atoms with Crippen molar-refractivity contribution in [3.63, 3.8) is 0 Å². The summed E-state index contributed by atoms with van der Waals surface area (Å²) in [6.07, 6.45) is 4.85. The van der Waals surface area contributed by atoms with Crippen molar-refractivity contribution in [1.82, 2.24) is 14.9 Å². The second-order valence-electron chi connectivity index (χ2n) is 6.70. The van der Waals surface area contributed by atoms with Crippen LogP contribution in [0.25, 0.3) is 0 Å². The van der Waals surface area contributed by atoms with Crippen LogP contribution in [0.4, 0.5) is 0 Å². The fourth-order valence-electron chi connectivity index (χ4n) is 3.89. The average Bonchev–Trinajstić information content (AvgIpc) is 2.68. The van der Waals surface area contributed by atoms with Gasteiger partial charge in [-0.05, 0) is 42.5 Å². The highest BCUT2D eigenvalue weighted by Crippen LogP contribution is 2.42. The molecule has 1 aromatic heterocycles. The number of carbonyl (C=O) groups is 1. The zero-order chi connectivity index (χ0) is 18.1. The fraction of sp³-hybridized carbons (Fsp3) is 0.421. The molecule has 7 heteroatoms. The van der Waals surface area contributed by atoms with E-state index < -0.39 is 0 Å². The van der Waals surface area contributed by atoms with E-state index in [-0.39, 0.29) is 22.8 Å². The third-order valence-electron chi connectivity index (χ3n) is 5.30. The molecular formula is C19H21N3O4. The van der Waals surface area contributed by atoms with Crippen molar-refractivity contribution in [2.75, 3.05) is 26.8 Å². The van der Waals surface area contributed by atoms with E-state index in [1.165, 1.54) is 17.3 Å². The molecule has 1 amide bonds. The van der Waals surface area contributed by atoms with E-state index in [1.54, 1.807) is 12.0 Å². The fourth-order valence-corrected chi connectivity index (χ4v) is 3.89. The summed E-state index contributed by atoms with van der Waals surface area (Å²) in [5, 5.41) is 0. The Bertz CT molecular complexity index is 864. The van der Waals surface area contributed by atoms with Gasteiger partial charge in [0.25, 0.3) is 11.5 Å². The highest BCUT2D eigenvalue weighted by atomic mass is 16.5. The summed E-state index contributed by atoms with van der Waals surface area (Å²) in [7, 11) is 1.67. The van der Waals surface area contributed by atoms with Crippen molar-refractivity contribution >= 4 is 5.91 Å². The predicted octanol–water partition coefficient (Wildman–Crippen LogP) is 1.48. The Labute approximate surface area is 151 Å². The summed E-state index contributed by atoms with van der Waals surface area (Å²) >= 11 is 0. The maximum atomic E-state index is 12.6. The molecule has 1 spiro atoms. The van der Waals surface area contributed by atoms with Gasteiger partial charge in [0, 0.05) is 19.3 Å². The first-order chi connectivity index (χ1) is 12.6. The molecule has 26 heavy (non-hydrogen) atoms. The van der Waals surface area contributed by atoms with E-state index in [0.29, 0.717) is 19.7 Å². The summed E-state index contributed by atoms with van der Waals surface area (Å²) in [6.45, 7) is 1.85. The largest absolute Gasteiger partial charge is 0.497 e. The lowest BCUT2D eigenvalue weighted by molar-refractivity contribution is -0.0935. The first-order valence-electron chi connectivity index (χ1n) is 8.77. The van der Waals surface area contributed by atoms with Crippen LogP contribution in [-0.4, -0.2) is 47.6 Å². The number of piperidine rings is 1. The summed E-state index contributed by atoms with van der Waals surface area (Å²) in [4.78, 5) is 31.9. The summed E-state index contributed by atoms with van der Waals surface area (Å²) in [5.74, 6) is 0.694. The topological polar surface area (TPSA) is 84.5 Å². The van der Waals surface area contributed by atoms with E-state index in [9.17, 15) is 9.59 Å². The minimum absolute atomic E-state index is 0.165. The lowest BCUT2D eigenvalue weighted by Crippen LogP contribution is -2.48. The lowest BCUT2D eigenvalue weighted by atomic mass is 9.79. The van der Waals surface area contributed by atoms with Crippen molar-refractivity contribution < 1.29 is 14.3 Å². The van der Waals surface area contributed by atoms with Gasteiger partial charge in [0.2, 0.25) is 0 Å². The number of aromatic nitrogens is 2. The van der Waals surface area contributed by atoms with Crippen LogP contribution in [0.15, 0.2) is 35.4 Å². The minimum Gasteiger partial charge on any atom is -0.497 e. The normalized spacial score (nSPS) is 18.4. The van der Waals surface area contributed by atoms with Gasteiger partial charge in [-0.15, -0.1) is 0 Å². The van der Waals surface area contributed by atoms with Crippen LogP contribution in [0.2, 0.25) is 0 Å². The zero-order valence-electron chi connectivity index (χ0n) is 14.7. The van der Waals surface area contributed by atoms with E-state index in [1.807, 2.05) is 6.07 Å². The SMILES string of the molecule is COc1ccc2c(c1)CCOC21CCN(C(=O)c2c[nH]c(=O)cn2)CC1. The molecule has 1 aromatic carbocycles. The predicted molar refractivity (Wildman–Crippen MR) is 94.3 cm³/mol. The van der Waals surface area contributed by atoms with Crippen LogP contribution in [0.1, 0.15) is 34.5 Å². The van der Waals surface area contributed by atoms with Gasteiger partial charge >= 0.3 is 0 Å². The molecule has 136 valence electrons. The van der Waals surface area contributed by atoms with Crippen molar-refractivity contribution in [2.24, 2.45) is 0 Å². The number of hydrogen-bond acceptors (Lipinski definition) is 5. The van der Waals surface area contributed by atoms with Gasteiger partial charge < -0.3 is 19.4 Å². The number of carbonyl (C=O) groups excluding carboxylic acids is 1. The second-order valence-corrected chi connectivity index (χ2v) is 6.70. The number of nitrogens with zero attached hydrogens (tertiary/aromatic N) is 2. The van der Waals surface area contributed by atoms with Gasteiger partial charge in [-0.25, -0.2) is 4.98 Å². The van der Waals surface area contributed by atoms with Crippen molar-refractivity contribution in [1.29, 1.82) is 0 Å². The maximum absolute atomic E-state index is 12.6. The minimum atomic E-state index is -0.338. The molecule has 0 atom stereocenters. The summed E-state index contributed by atoms with van der Waals surface area (Å²) in [5.41, 5.74) is 2.07. The first-order valence-corrected chi connectivity index (χ1v) is 8.77. The number of fused-ring (bicyclic) bond motifs is 2. The monoisotopic (exact) mass is 355 g/mol. The molecule has 2 aromatic rings. The number of benzene rings is 1. The summed E-state index contributed by atoms with van der Waals surface area (Å²) < 4.78 is 11.6. The molecule has 1 fully saturated rings. The number of methoxy groups -OCH3 is 1.